The Balaban J connectivity index is 0.000000603. The number of hydrogen-bond acceptors (Lipinski definition) is 7. The number of anilines is 1. The summed E-state index contributed by atoms with van der Waals surface area (Å²) >= 11 is 0. The zero-order valence-corrected chi connectivity index (χ0v) is 28.2. The van der Waals surface area contributed by atoms with Gasteiger partial charge >= 0.3 is 5.51 Å². The van der Waals surface area contributed by atoms with Crippen LogP contribution in [-0.2, 0) is 32.4 Å². The molecule has 0 N–H and O–H groups in total. The largest absolute Gasteiger partial charge is 0.741 e. The van der Waals surface area contributed by atoms with E-state index in [1.807, 2.05) is 66.7 Å². The molecule has 0 radical (unpaired) electrons. The summed E-state index contributed by atoms with van der Waals surface area (Å²) in [5.41, 5.74) is -4.15. The van der Waals surface area contributed by atoms with E-state index in [1.54, 1.807) is 26.0 Å². The van der Waals surface area contributed by atoms with Gasteiger partial charge in [0, 0.05) is 18.6 Å². The van der Waals surface area contributed by atoms with E-state index in [-0.39, 0.29) is 12.5 Å². The molecule has 5 aromatic carbocycles. The van der Waals surface area contributed by atoms with E-state index in [2.05, 4.69) is 60.7 Å². The standard InChI is InChI=1S/C35H32NO4S.CHF3O3S/c1-26(37)36(25-27-23-29(38-2)19-21-34(27)39-3)33-24-32(20-22-35(33)40-28-13-7-4-8-14-28)41(30-15-9-5-10-16-30)31-17-11-6-12-18-31;2-1(3,4)8(5,6)7/h4-24H,25H2,1-3H3;(H,5,6,7)/q+1;/p-1. The van der Waals surface area contributed by atoms with Crippen LogP contribution in [0.25, 0.3) is 0 Å². The fourth-order valence-corrected chi connectivity index (χ4v) is 6.71. The van der Waals surface area contributed by atoms with Crippen LogP contribution in [0.5, 0.6) is 23.0 Å². The van der Waals surface area contributed by atoms with Crippen molar-refractivity contribution in [2.24, 2.45) is 0 Å². The molecular formula is C36H32F3NO7S2. The molecule has 0 bridgehead atoms. The van der Waals surface area contributed by atoms with Crippen LogP contribution in [0.1, 0.15) is 12.5 Å². The summed E-state index contributed by atoms with van der Waals surface area (Å²) in [7, 11) is -3.25. The topological polar surface area (TPSA) is 105 Å². The minimum absolute atomic E-state index is 0.121. The highest BCUT2D eigenvalue weighted by atomic mass is 32.2. The zero-order chi connectivity index (χ0) is 35.6. The van der Waals surface area contributed by atoms with Gasteiger partial charge in [-0.2, -0.15) is 13.2 Å². The summed E-state index contributed by atoms with van der Waals surface area (Å²) in [4.78, 5) is 18.5. The van der Waals surface area contributed by atoms with Gasteiger partial charge in [-0.25, -0.2) is 8.42 Å². The number of alkyl halides is 3. The fraction of sp³-hybridized carbons (Fsp3) is 0.139. The Hall–Kier alpha value is -4.98. The Labute approximate surface area is 285 Å². The van der Waals surface area contributed by atoms with E-state index in [0.29, 0.717) is 28.7 Å². The van der Waals surface area contributed by atoms with Crippen molar-refractivity contribution >= 4 is 32.6 Å². The lowest BCUT2D eigenvalue weighted by atomic mass is 10.1. The summed E-state index contributed by atoms with van der Waals surface area (Å²) in [5.74, 6) is 2.51. The molecule has 0 saturated carbocycles. The van der Waals surface area contributed by atoms with Gasteiger partial charge in [-0.15, -0.1) is 0 Å². The number of amides is 1. The van der Waals surface area contributed by atoms with Gasteiger partial charge in [-0.05, 0) is 66.7 Å². The second kappa shape index (κ2) is 16.4. The lowest BCUT2D eigenvalue weighted by Crippen LogP contribution is -2.28. The smallest absolute Gasteiger partial charge is 0.485 e. The predicted octanol–water partition coefficient (Wildman–Crippen LogP) is 8.20. The van der Waals surface area contributed by atoms with Crippen molar-refractivity contribution in [3.63, 3.8) is 0 Å². The molecule has 13 heteroatoms. The van der Waals surface area contributed by atoms with E-state index >= 15 is 0 Å². The van der Waals surface area contributed by atoms with Crippen molar-refractivity contribution in [1.29, 1.82) is 0 Å². The summed E-state index contributed by atoms with van der Waals surface area (Å²) in [6.07, 6.45) is 0. The number of benzene rings is 5. The maximum Gasteiger partial charge on any atom is 0.485 e. The first kappa shape index (κ1) is 36.8. The maximum atomic E-state index is 13.3. The number of carbonyl (C=O) groups is 1. The van der Waals surface area contributed by atoms with E-state index in [1.165, 1.54) is 9.79 Å². The molecule has 0 atom stereocenters. The Morgan fingerprint density at radius 3 is 1.69 bits per heavy atom. The Morgan fingerprint density at radius 1 is 0.714 bits per heavy atom. The number of carbonyl (C=O) groups excluding carboxylic acids is 1. The van der Waals surface area contributed by atoms with Gasteiger partial charge in [-0.3, -0.25) is 4.79 Å². The fourth-order valence-electron chi connectivity index (χ4n) is 4.60. The van der Waals surface area contributed by atoms with Crippen molar-refractivity contribution < 1.29 is 45.1 Å². The molecule has 1 amide bonds. The first-order chi connectivity index (χ1) is 23.3. The van der Waals surface area contributed by atoms with Crippen LogP contribution in [0.4, 0.5) is 18.9 Å². The van der Waals surface area contributed by atoms with Crippen LogP contribution in [0.2, 0.25) is 0 Å². The van der Waals surface area contributed by atoms with Crippen LogP contribution < -0.4 is 19.1 Å². The van der Waals surface area contributed by atoms with Crippen LogP contribution in [0, 0.1) is 0 Å². The van der Waals surface area contributed by atoms with E-state index < -0.39 is 26.5 Å². The highest BCUT2D eigenvalue weighted by molar-refractivity contribution is 7.97. The number of halogens is 3. The molecule has 5 rings (SSSR count). The van der Waals surface area contributed by atoms with Crippen molar-refractivity contribution in [2.75, 3.05) is 19.1 Å². The monoisotopic (exact) mass is 711 g/mol. The molecule has 0 spiro atoms. The number of methoxy groups -OCH3 is 2. The first-order valence-corrected chi connectivity index (χ1v) is 17.2. The van der Waals surface area contributed by atoms with Crippen LogP contribution in [0.3, 0.4) is 0 Å². The maximum absolute atomic E-state index is 13.3. The molecule has 0 saturated heterocycles. The van der Waals surface area contributed by atoms with E-state index in [9.17, 15) is 18.0 Å². The average Bonchev–Trinajstić information content (AvgIpc) is 3.08. The summed E-state index contributed by atoms with van der Waals surface area (Å²) in [6.45, 7) is 1.84. The number of para-hydroxylation sites is 1. The lowest BCUT2D eigenvalue weighted by Gasteiger charge is -2.25. The van der Waals surface area contributed by atoms with Gasteiger partial charge in [0.05, 0.1) is 37.3 Å². The summed E-state index contributed by atoms with van der Waals surface area (Å²) < 4.78 is 76.4. The Morgan fingerprint density at radius 2 is 1.22 bits per heavy atom. The third kappa shape index (κ3) is 9.78. The molecule has 5 aromatic rings. The zero-order valence-electron chi connectivity index (χ0n) is 26.6. The summed E-state index contributed by atoms with van der Waals surface area (Å²) in [5, 5.41) is 0. The average molecular weight is 712 g/mol. The van der Waals surface area contributed by atoms with Crippen LogP contribution in [-0.4, -0.2) is 38.6 Å². The van der Waals surface area contributed by atoms with Gasteiger partial charge in [0.1, 0.15) is 17.2 Å². The van der Waals surface area contributed by atoms with Gasteiger partial charge in [-0.1, -0.05) is 54.6 Å². The second-order valence-electron chi connectivity index (χ2n) is 10.2. The number of nitrogens with zero attached hydrogens (tertiary/aromatic N) is 1. The Kier molecular flexibility index (Phi) is 12.3. The van der Waals surface area contributed by atoms with E-state index in [0.717, 1.165) is 10.5 Å². The number of rotatable bonds is 10. The van der Waals surface area contributed by atoms with Gasteiger partial charge in [0.15, 0.2) is 30.6 Å². The number of hydrogen-bond donors (Lipinski definition) is 0. The van der Waals surface area contributed by atoms with Crippen molar-refractivity contribution in [2.45, 2.75) is 33.7 Å². The number of ether oxygens (including phenoxy) is 3. The van der Waals surface area contributed by atoms with E-state index in [4.69, 9.17) is 27.2 Å². The molecule has 0 fully saturated rings. The molecule has 256 valence electrons. The third-order valence-electron chi connectivity index (χ3n) is 6.87. The summed E-state index contributed by atoms with van der Waals surface area (Å²) in [6, 6.07) is 42.2. The quantitative estimate of drug-likeness (QED) is 0.0817. The molecule has 0 aliphatic heterocycles. The minimum atomic E-state index is -6.09. The second-order valence-corrected chi connectivity index (χ2v) is 13.6. The molecular weight excluding hydrogens is 680 g/mol. The predicted molar refractivity (Wildman–Crippen MR) is 180 cm³/mol. The molecule has 0 aromatic heterocycles. The normalized spacial score (nSPS) is 11.3. The van der Waals surface area contributed by atoms with Crippen molar-refractivity contribution in [3.05, 3.63) is 133 Å². The SMILES string of the molecule is COc1ccc(OC)c(CN(C(C)=O)c2cc([S+](c3ccccc3)c3ccccc3)ccc2Oc2ccccc2)c1.O=S(=O)([O-])C(F)(F)F. The third-order valence-corrected chi connectivity index (χ3v) is 9.64. The molecule has 0 unspecified atom stereocenters. The van der Waals surface area contributed by atoms with Crippen molar-refractivity contribution in [3.8, 4) is 23.0 Å². The molecule has 49 heavy (non-hydrogen) atoms. The van der Waals surface area contributed by atoms with Crippen LogP contribution >= 0.6 is 0 Å². The molecule has 0 aliphatic rings. The molecule has 8 nitrogen and oxygen atoms in total. The van der Waals surface area contributed by atoms with Crippen molar-refractivity contribution in [1.82, 2.24) is 0 Å². The lowest BCUT2D eigenvalue weighted by molar-refractivity contribution is -0.116. The highest BCUT2D eigenvalue weighted by Crippen LogP contribution is 2.40. The molecule has 0 aliphatic carbocycles. The first-order valence-electron chi connectivity index (χ1n) is 14.5. The van der Waals surface area contributed by atoms with Crippen LogP contribution in [0.15, 0.2) is 142 Å². The highest BCUT2D eigenvalue weighted by Gasteiger charge is 2.37. The minimum Gasteiger partial charge on any atom is -0.741 e. The van der Waals surface area contributed by atoms with Gasteiger partial charge < -0.3 is 23.7 Å². The molecule has 0 heterocycles. The van der Waals surface area contributed by atoms with Gasteiger partial charge in [0.25, 0.3) is 0 Å². The Bertz CT molecular complexity index is 1910. The van der Waals surface area contributed by atoms with Gasteiger partial charge in [0.2, 0.25) is 5.91 Å².